The fraction of sp³-hybridized carbons (Fsp3) is 0.800. The summed E-state index contributed by atoms with van der Waals surface area (Å²) in [5, 5.41) is 2.37. The standard InChI is InChI=1S/C10H18N2O3S/c1-7-6-12(10(14)11-9(7)13)5-4-8(2)16(3)15/h7-8H,4-6H2,1-3H3,(H,11,13,14). The van der Waals surface area contributed by atoms with E-state index in [-0.39, 0.29) is 23.1 Å². The minimum absolute atomic E-state index is 0.0701. The molecule has 0 saturated carbocycles. The number of carbonyl (C=O) groups is 2. The van der Waals surface area contributed by atoms with Gasteiger partial charge in [0.15, 0.2) is 0 Å². The largest absolute Gasteiger partial charge is 0.324 e. The molecular formula is C10H18N2O3S. The molecule has 1 N–H and O–H groups in total. The van der Waals surface area contributed by atoms with E-state index in [4.69, 9.17) is 0 Å². The molecule has 0 spiro atoms. The molecule has 1 rings (SSSR count). The summed E-state index contributed by atoms with van der Waals surface area (Å²) in [7, 11) is -0.867. The molecule has 1 saturated heterocycles. The molecule has 0 aliphatic carbocycles. The maximum Gasteiger partial charge on any atom is 0.324 e. The highest BCUT2D eigenvalue weighted by Gasteiger charge is 2.28. The summed E-state index contributed by atoms with van der Waals surface area (Å²) in [5.74, 6) is -0.381. The van der Waals surface area contributed by atoms with E-state index in [1.54, 1.807) is 18.1 Å². The second-order valence-corrected chi connectivity index (χ2v) is 6.04. The van der Waals surface area contributed by atoms with E-state index in [1.165, 1.54) is 0 Å². The van der Waals surface area contributed by atoms with Crippen LogP contribution in [0.15, 0.2) is 0 Å². The van der Waals surface area contributed by atoms with Crippen molar-refractivity contribution in [3.63, 3.8) is 0 Å². The molecule has 6 heteroatoms. The summed E-state index contributed by atoms with van der Waals surface area (Å²) in [6, 6.07) is -0.336. The highest BCUT2D eigenvalue weighted by atomic mass is 32.2. The fourth-order valence-corrected chi connectivity index (χ4v) is 1.94. The zero-order valence-corrected chi connectivity index (χ0v) is 10.7. The predicted octanol–water partition coefficient (Wildman–Crippen LogP) is 0.331. The smallest absolute Gasteiger partial charge is 0.324 e. The van der Waals surface area contributed by atoms with Crippen LogP contribution in [0.5, 0.6) is 0 Å². The summed E-state index contributed by atoms with van der Waals surface area (Å²) >= 11 is 0. The minimum Gasteiger partial charge on any atom is -0.324 e. The van der Waals surface area contributed by atoms with Crippen molar-refractivity contribution in [2.45, 2.75) is 25.5 Å². The van der Waals surface area contributed by atoms with Gasteiger partial charge in [-0.3, -0.25) is 14.3 Å². The molecule has 0 aromatic rings. The van der Waals surface area contributed by atoms with E-state index >= 15 is 0 Å². The average Bonchev–Trinajstić information content (AvgIpc) is 2.20. The molecule has 0 aromatic carbocycles. The number of urea groups is 1. The third kappa shape index (κ3) is 3.30. The summed E-state index contributed by atoms with van der Waals surface area (Å²) in [5.41, 5.74) is 0. The Morgan fingerprint density at radius 2 is 2.19 bits per heavy atom. The van der Waals surface area contributed by atoms with Crippen LogP contribution >= 0.6 is 0 Å². The van der Waals surface area contributed by atoms with Gasteiger partial charge in [-0.1, -0.05) is 13.8 Å². The van der Waals surface area contributed by atoms with Gasteiger partial charge >= 0.3 is 6.03 Å². The van der Waals surface area contributed by atoms with Crippen molar-refractivity contribution >= 4 is 22.7 Å². The lowest BCUT2D eigenvalue weighted by Crippen LogP contribution is -2.54. The van der Waals surface area contributed by atoms with E-state index < -0.39 is 10.8 Å². The first-order chi connectivity index (χ1) is 7.41. The van der Waals surface area contributed by atoms with E-state index in [9.17, 15) is 13.8 Å². The summed E-state index contributed by atoms with van der Waals surface area (Å²) in [6.07, 6.45) is 2.35. The topological polar surface area (TPSA) is 66.5 Å². The second-order valence-electron chi connectivity index (χ2n) is 4.24. The predicted molar refractivity (Wildman–Crippen MR) is 62.4 cm³/mol. The molecule has 16 heavy (non-hydrogen) atoms. The fourth-order valence-electron chi connectivity index (χ4n) is 1.50. The maximum atomic E-state index is 11.5. The number of rotatable bonds is 4. The van der Waals surface area contributed by atoms with Gasteiger partial charge in [-0.05, 0) is 6.42 Å². The monoisotopic (exact) mass is 246 g/mol. The number of amides is 3. The molecule has 1 fully saturated rings. The highest BCUT2D eigenvalue weighted by Crippen LogP contribution is 2.09. The first-order valence-electron chi connectivity index (χ1n) is 5.33. The molecule has 5 nitrogen and oxygen atoms in total. The van der Waals surface area contributed by atoms with Crippen LogP contribution in [0.25, 0.3) is 0 Å². The Balaban J connectivity index is 2.45. The van der Waals surface area contributed by atoms with Crippen LogP contribution in [-0.2, 0) is 15.6 Å². The zero-order valence-electron chi connectivity index (χ0n) is 9.86. The highest BCUT2D eigenvalue weighted by molar-refractivity contribution is 7.84. The molecule has 1 aliphatic rings. The quantitative estimate of drug-likeness (QED) is 0.777. The number of nitrogens with one attached hydrogen (secondary N) is 1. The Kier molecular flexibility index (Phi) is 4.46. The van der Waals surface area contributed by atoms with E-state index in [0.29, 0.717) is 19.5 Å². The van der Waals surface area contributed by atoms with E-state index in [2.05, 4.69) is 5.32 Å². The first-order valence-corrected chi connectivity index (χ1v) is 6.96. The molecule has 0 aromatic heterocycles. The number of carbonyl (C=O) groups excluding carboxylic acids is 2. The van der Waals surface area contributed by atoms with Gasteiger partial charge < -0.3 is 4.90 Å². The number of imide groups is 1. The average molecular weight is 246 g/mol. The SMILES string of the molecule is CC1CN(CCC(C)S(C)=O)C(=O)NC1=O. The van der Waals surface area contributed by atoms with Gasteiger partial charge in [0.05, 0.1) is 5.92 Å². The molecule has 92 valence electrons. The number of nitrogens with zero attached hydrogens (tertiary/aromatic N) is 1. The lowest BCUT2D eigenvalue weighted by Gasteiger charge is -2.30. The molecule has 3 amide bonds. The molecule has 1 aliphatic heterocycles. The lowest BCUT2D eigenvalue weighted by molar-refractivity contribution is -0.125. The minimum atomic E-state index is -0.867. The summed E-state index contributed by atoms with van der Waals surface area (Å²) in [6.45, 7) is 4.68. The van der Waals surface area contributed by atoms with Crippen LogP contribution in [0.4, 0.5) is 4.79 Å². The van der Waals surface area contributed by atoms with Gasteiger partial charge in [-0.2, -0.15) is 0 Å². The van der Waals surface area contributed by atoms with Crippen molar-refractivity contribution < 1.29 is 13.8 Å². The molecule has 0 radical (unpaired) electrons. The van der Waals surface area contributed by atoms with Crippen molar-refractivity contribution in [1.82, 2.24) is 10.2 Å². The summed E-state index contributed by atoms with van der Waals surface area (Å²) < 4.78 is 11.2. The van der Waals surface area contributed by atoms with Crippen LogP contribution in [-0.4, -0.2) is 45.6 Å². The Hall–Kier alpha value is -0.910. The molecule has 3 atom stereocenters. The van der Waals surface area contributed by atoms with E-state index in [0.717, 1.165) is 0 Å². The van der Waals surface area contributed by atoms with Crippen LogP contribution in [0.1, 0.15) is 20.3 Å². The Labute approximate surface area is 98.0 Å². The maximum absolute atomic E-state index is 11.5. The Bertz CT molecular complexity index is 319. The molecule has 0 bridgehead atoms. The van der Waals surface area contributed by atoms with Crippen molar-refractivity contribution in [1.29, 1.82) is 0 Å². The third-order valence-electron chi connectivity index (χ3n) is 2.83. The lowest BCUT2D eigenvalue weighted by atomic mass is 10.1. The van der Waals surface area contributed by atoms with Gasteiger partial charge in [0.2, 0.25) is 5.91 Å². The zero-order chi connectivity index (χ0) is 12.3. The second kappa shape index (κ2) is 5.43. The number of hydrogen-bond donors (Lipinski definition) is 1. The van der Waals surface area contributed by atoms with Gasteiger partial charge in [-0.25, -0.2) is 4.79 Å². The van der Waals surface area contributed by atoms with Crippen LogP contribution in [0, 0.1) is 5.92 Å². The van der Waals surface area contributed by atoms with Gasteiger partial charge in [0.25, 0.3) is 0 Å². The normalized spacial score (nSPS) is 25.2. The molecule has 1 heterocycles. The molecule has 3 unspecified atom stereocenters. The van der Waals surface area contributed by atoms with Gasteiger partial charge in [0.1, 0.15) is 0 Å². The molecular weight excluding hydrogens is 228 g/mol. The van der Waals surface area contributed by atoms with E-state index in [1.807, 2.05) is 6.92 Å². The van der Waals surface area contributed by atoms with Crippen LogP contribution in [0.3, 0.4) is 0 Å². The van der Waals surface area contributed by atoms with Gasteiger partial charge in [0, 0.05) is 35.4 Å². The number of hydrogen-bond acceptors (Lipinski definition) is 3. The van der Waals surface area contributed by atoms with Crippen molar-refractivity contribution in [3.05, 3.63) is 0 Å². The van der Waals surface area contributed by atoms with Crippen LogP contribution in [0.2, 0.25) is 0 Å². The van der Waals surface area contributed by atoms with Crippen molar-refractivity contribution in [2.75, 3.05) is 19.3 Å². The van der Waals surface area contributed by atoms with Crippen LogP contribution < -0.4 is 5.32 Å². The Morgan fingerprint density at radius 1 is 1.56 bits per heavy atom. The Morgan fingerprint density at radius 3 is 2.75 bits per heavy atom. The van der Waals surface area contributed by atoms with Gasteiger partial charge in [-0.15, -0.1) is 0 Å². The third-order valence-corrected chi connectivity index (χ3v) is 4.20. The van der Waals surface area contributed by atoms with Crippen molar-refractivity contribution in [3.8, 4) is 0 Å². The summed E-state index contributed by atoms with van der Waals surface area (Å²) in [4.78, 5) is 24.2. The van der Waals surface area contributed by atoms with Crippen molar-refractivity contribution in [2.24, 2.45) is 5.92 Å². The first kappa shape index (κ1) is 13.2.